The first-order chi connectivity index (χ1) is 6.16. The molecule has 0 aromatic heterocycles. The fourth-order valence-corrected chi connectivity index (χ4v) is 0.689. The molecule has 4 heteroatoms. The minimum absolute atomic E-state index is 0.122. The molecule has 0 amide bonds. The molecule has 0 heterocycles. The maximum absolute atomic E-state index is 8.85. The highest BCUT2D eigenvalue weighted by Gasteiger charge is 1.99. The Bertz CT molecular complexity index is 106. The molecule has 0 radical (unpaired) electrons. The van der Waals surface area contributed by atoms with E-state index in [1.165, 1.54) is 0 Å². The van der Waals surface area contributed by atoms with E-state index in [0.717, 1.165) is 0 Å². The third-order valence-electron chi connectivity index (χ3n) is 1.49. The number of aliphatic hydroxyl groups is 1. The molecule has 13 heavy (non-hydrogen) atoms. The first-order valence-corrected chi connectivity index (χ1v) is 4.53. The highest BCUT2D eigenvalue weighted by Crippen LogP contribution is 1.89. The molecular weight excluding hydrogens is 172 g/mol. The highest BCUT2D eigenvalue weighted by molar-refractivity contribution is 4.45. The van der Waals surface area contributed by atoms with Crippen LogP contribution in [-0.2, 0) is 14.2 Å². The number of hydrogen-bond acceptors (Lipinski definition) is 4. The Morgan fingerprint density at radius 1 is 1.08 bits per heavy atom. The molecule has 0 aromatic rings. The Labute approximate surface area is 79.8 Å². The van der Waals surface area contributed by atoms with Gasteiger partial charge in [-0.05, 0) is 13.8 Å². The lowest BCUT2D eigenvalue weighted by Gasteiger charge is -2.10. The Kier molecular flexibility index (Phi) is 8.33. The molecule has 0 saturated carbocycles. The van der Waals surface area contributed by atoms with Crippen molar-refractivity contribution in [2.24, 2.45) is 0 Å². The van der Waals surface area contributed by atoms with Crippen molar-refractivity contribution in [1.82, 2.24) is 0 Å². The second kappa shape index (κ2) is 8.44. The third-order valence-corrected chi connectivity index (χ3v) is 1.49. The number of ether oxygens (including phenoxy) is 3. The van der Waals surface area contributed by atoms with Crippen molar-refractivity contribution in [3.63, 3.8) is 0 Å². The molecule has 0 aliphatic carbocycles. The van der Waals surface area contributed by atoms with Crippen LogP contribution in [-0.4, -0.2) is 50.9 Å². The summed E-state index contributed by atoms with van der Waals surface area (Å²) in [6.07, 6.45) is -0.283. The van der Waals surface area contributed by atoms with Crippen molar-refractivity contribution >= 4 is 0 Å². The monoisotopic (exact) mass is 192 g/mol. The normalized spacial score (nSPS) is 15.7. The van der Waals surface area contributed by atoms with Crippen LogP contribution in [0.2, 0.25) is 0 Å². The van der Waals surface area contributed by atoms with Crippen LogP contribution in [0.4, 0.5) is 0 Å². The molecule has 4 nitrogen and oxygen atoms in total. The average molecular weight is 192 g/mol. The second-order valence-electron chi connectivity index (χ2n) is 3.05. The van der Waals surface area contributed by atoms with Crippen LogP contribution in [0.5, 0.6) is 0 Å². The predicted octanol–water partition coefficient (Wildman–Crippen LogP) is 0.435. The van der Waals surface area contributed by atoms with Gasteiger partial charge in [-0.1, -0.05) is 0 Å². The zero-order valence-corrected chi connectivity index (χ0v) is 8.66. The largest absolute Gasteiger partial charge is 0.391 e. The molecule has 0 saturated heterocycles. The number of aliphatic hydroxyl groups excluding tert-OH is 1. The van der Waals surface area contributed by atoms with Crippen LogP contribution >= 0.6 is 0 Å². The first kappa shape index (κ1) is 12.8. The van der Waals surface area contributed by atoms with E-state index >= 15 is 0 Å². The van der Waals surface area contributed by atoms with E-state index in [-0.39, 0.29) is 6.10 Å². The molecule has 1 N–H and O–H groups in total. The van der Waals surface area contributed by atoms with Gasteiger partial charge >= 0.3 is 0 Å². The summed E-state index contributed by atoms with van der Waals surface area (Å²) >= 11 is 0. The van der Waals surface area contributed by atoms with Crippen molar-refractivity contribution in [3.05, 3.63) is 0 Å². The second-order valence-corrected chi connectivity index (χ2v) is 3.05. The number of rotatable bonds is 8. The lowest BCUT2D eigenvalue weighted by atomic mass is 10.4. The first-order valence-electron chi connectivity index (χ1n) is 4.53. The van der Waals surface area contributed by atoms with Gasteiger partial charge in [-0.15, -0.1) is 0 Å². The fourth-order valence-electron chi connectivity index (χ4n) is 0.689. The molecule has 0 fully saturated rings. The summed E-state index contributed by atoms with van der Waals surface area (Å²) in [7, 11) is 1.65. The van der Waals surface area contributed by atoms with Gasteiger partial charge in [0.25, 0.3) is 0 Å². The van der Waals surface area contributed by atoms with Gasteiger partial charge in [0.15, 0.2) is 0 Å². The van der Waals surface area contributed by atoms with Crippen LogP contribution in [0, 0.1) is 0 Å². The molecular formula is C9H20O4. The summed E-state index contributed by atoms with van der Waals surface area (Å²) < 4.78 is 15.3. The topological polar surface area (TPSA) is 47.9 Å². The molecule has 2 atom stereocenters. The lowest BCUT2D eigenvalue weighted by Crippen LogP contribution is -2.18. The van der Waals surface area contributed by atoms with Crippen LogP contribution in [0.3, 0.4) is 0 Å². The van der Waals surface area contributed by atoms with Gasteiger partial charge in [-0.2, -0.15) is 0 Å². The van der Waals surface area contributed by atoms with Gasteiger partial charge in [-0.25, -0.2) is 0 Å². The van der Waals surface area contributed by atoms with Crippen molar-refractivity contribution in [2.75, 3.05) is 33.5 Å². The lowest BCUT2D eigenvalue weighted by molar-refractivity contribution is -0.0198. The van der Waals surface area contributed by atoms with Gasteiger partial charge in [0.2, 0.25) is 0 Å². The summed E-state index contributed by atoms with van der Waals surface area (Å²) in [5, 5.41) is 8.85. The molecule has 80 valence electrons. The van der Waals surface area contributed by atoms with E-state index in [2.05, 4.69) is 0 Å². The van der Waals surface area contributed by atoms with E-state index < -0.39 is 6.10 Å². The maximum atomic E-state index is 8.85. The van der Waals surface area contributed by atoms with Gasteiger partial charge < -0.3 is 19.3 Å². The predicted molar refractivity (Wildman–Crippen MR) is 49.8 cm³/mol. The average Bonchev–Trinajstić information content (AvgIpc) is 2.10. The molecule has 0 spiro atoms. The van der Waals surface area contributed by atoms with E-state index in [9.17, 15) is 0 Å². The third kappa shape index (κ3) is 9.76. The minimum atomic E-state index is -0.405. The van der Waals surface area contributed by atoms with Crippen molar-refractivity contribution in [3.8, 4) is 0 Å². The fraction of sp³-hybridized carbons (Fsp3) is 1.00. The van der Waals surface area contributed by atoms with E-state index in [4.69, 9.17) is 19.3 Å². The molecule has 0 aliphatic heterocycles. The molecule has 0 aromatic carbocycles. The van der Waals surface area contributed by atoms with Crippen molar-refractivity contribution in [2.45, 2.75) is 26.1 Å². The highest BCUT2D eigenvalue weighted by atomic mass is 16.5. The Morgan fingerprint density at radius 3 is 2.08 bits per heavy atom. The van der Waals surface area contributed by atoms with Crippen LogP contribution in [0.1, 0.15) is 13.8 Å². The zero-order chi connectivity index (χ0) is 10.1. The van der Waals surface area contributed by atoms with Crippen LogP contribution < -0.4 is 0 Å². The van der Waals surface area contributed by atoms with E-state index in [1.807, 2.05) is 6.92 Å². The molecule has 0 aliphatic rings. The van der Waals surface area contributed by atoms with Crippen LogP contribution in [0.15, 0.2) is 0 Å². The summed E-state index contributed by atoms with van der Waals surface area (Å²) in [6.45, 7) is 5.63. The minimum Gasteiger partial charge on any atom is -0.391 e. The maximum Gasteiger partial charge on any atom is 0.0776 e. The summed E-state index contributed by atoms with van der Waals surface area (Å²) in [5.74, 6) is 0. The van der Waals surface area contributed by atoms with Gasteiger partial charge in [-0.3, -0.25) is 0 Å². The standard InChI is InChI=1S/C9H20O4/c1-8(10)6-12-4-5-13-7-9(2)11-3/h8-10H,4-7H2,1-3H3. The molecule has 0 bridgehead atoms. The Hall–Kier alpha value is -0.160. The number of methoxy groups -OCH3 is 1. The summed E-state index contributed by atoms with van der Waals surface area (Å²) in [5.41, 5.74) is 0. The van der Waals surface area contributed by atoms with Gasteiger partial charge in [0.05, 0.1) is 38.6 Å². The molecule has 0 rings (SSSR count). The van der Waals surface area contributed by atoms with E-state index in [0.29, 0.717) is 26.4 Å². The van der Waals surface area contributed by atoms with Gasteiger partial charge in [0.1, 0.15) is 0 Å². The van der Waals surface area contributed by atoms with Crippen molar-refractivity contribution < 1.29 is 19.3 Å². The summed E-state index contributed by atoms with van der Waals surface area (Å²) in [6, 6.07) is 0. The van der Waals surface area contributed by atoms with Crippen LogP contribution in [0.25, 0.3) is 0 Å². The quantitative estimate of drug-likeness (QED) is 0.567. The van der Waals surface area contributed by atoms with Crippen molar-refractivity contribution in [1.29, 1.82) is 0 Å². The van der Waals surface area contributed by atoms with Gasteiger partial charge in [0, 0.05) is 7.11 Å². The van der Waals surface area contributed by atoms with E-state index in [1.54, 1.807) is 14.0 Å². The molecule has 2 unspecified atom stereocenters. The number of hydrogen-bond donors (Lipinski definition) is 1. The smallest absolute Gasteiger partial charge is 0.0776 e. The Balaban J connectivity index is 2.99. The SMILES string of the molecule is COC(C)COCCOCC(C)O. The Morgan fingerprint density at radius 2 is 1.62 bits per heavy atom. The summed E-state index contributed by atoms with van der Waals surface area (Å²) in [4.78, 5) is 0. The zero-order valence-electron chi connectivity index (χ0n) is 8.66.